The van der Waals surface area contributed by atoms with Gasteiger partial charge in [0.25, 0.3) is 0 Å². The lowest BCUT2D eigenvalue weighted by molar-refractivity contribution is -0.183. The minimum absolute atomic E-state index is 0.123. The third-order valence-corrected chi connectivity index (χ3v) is 3.86. The van der Waals surface area contributed by atoms with Crippen LogP contribution in [0.5, 0.6) is 0 Å². The molecule has 1 saturated carbocycles. The van der Waals surface area contributed by atoms with Crippen LogP contribution in [-0.4, -0.2) is 16.4 Å². The zero-order valence-corrected chi connectivity index (χ0v) is 9.31. The Balaban J connectivity index is 2.07. The van der Waals surface area contributed by atoms with E-state index in [0.717, 1.165) is 6.42 Å². The second kappa shape index (κ2) is 4.20. The summed E-state index contributed by atoms with van der Waals surface area (Å²) >= 11 is 1.20. The molecule has 2 rings (SSSR count). The Kier molecular flexibility index (Phi) is 3.05. The predicted molar refractivity (Wildman–Crippen MR) is 55.1 cm³/mol. The van der Waals surface area contributed by atoms with Gasteiger partial charge in [-0.1, -0.05) is 17.8 Å². The summed E-state index contributed by atoms with van der Waals surface area (Å²) in [5.74, 6) is -1.33. The summed E-state index contributed by atoms with van der Waals surface area (Å²) in [6, 6.07) is 0. The fourth-order valence-corrected chi connectivity index (χ4v) is 2.88. The molecule has 1 fully saturated rings. The lowest BCUT2D eigenvalue weighted by atomic mass is 9.81. The molecule has 3 nitrogen and oxygen atoms in total. The molecule has 1 aromatic rings. The van der Waals surface area contributed by atoms with E-state index in [4.69, 9.17) is 5.73 Å². The van der Waals surface area contributed by atoms with Crippen molar-refractivity contribution in [1.82, 2.24) is 10.2 Å². The molecule has 0 spiro atoms. The van der Waals surface area contributed by atoms with Gasteiger partial charge < -0.3 is 5.73 Å². The predicted octanol–water partition coefficient (Wildman–Crippen LogP) is 2.96. The molecule has 0 radical (unpaired) electrons. The lowest BCUT2D eigenvalue weighted by Crippen LogP contribution is -2.28. The first-order valence-corrected chi connectivity index (χ1v) is 5.94. The molecule has 0 aliphatic heterocycles. The van der Waals surface area contributed by atoms with E-state index < -0.39 is 12.1 Å². The third-order valence-electron chi connectivity index (χ3n) is 2.94. The summed E-state index contributed by atoms with van der Waals surface area (Å²) < 4.78 is 37.7. The zero-order valence-electron chi connectivity index (χ0n) is 8.50. The van der Waals surface area contributed by atoms with Crippen LogP contribution < -0.4 is 5.73 Å². The van der Waals surface area contributed by atoms with Gasteiger partial charge in [-0.05, 0) is 19.3 Å². The molecule has 0 amide bonds. The van der Waals surface area contributed by atoms with Crippen LogP contribution >= 0.6 is 11.3 Å². The number of anilines is 1. The average Bonchev–Trinajstić information content (AvgIpc) is 2.64. The van der Waals surface area contributed by atoms with Crippen molar-refractivity contribution in [1.29, 1.82) is 0 Å². The second-order valence-electron chi connectivity index (χ2n) is 4.08. The summed E-state index contributed by atoms with van der Waals surface area (Å²) in [4.78, 5) is 0. The van der Waals surface area contributed by atoms with E-state index in [1.165, 1.54) is 11.3 Å². The molecular weight excluding hydrogens is 239 g/mol. The maximum Gasteiger partial charge on any atom is 0.391 e. The first-order chi connectivity index (χ1) is 7.47. The van der Waals surface area contributed by atoms with Crippen LogP contribution in [0.25, 0.3) is 0 Å². The molecule has 1 aliphatic rings. The smallest absolute Gasteiger partial charge is 0.374 e. The van der Waals surface area contributed by atoms with Crippen molar-refractivity contribution in [2.75, 3.05) is 5.73 Å². The molecule has 90 valence electrons. The maximum atomic E-state index is 12.6. The fourth-order valence-electron chi connectivity index (χ4n) is 2.12. The molecule has 16 heavy (non-hydrogen) atoms. The van der Waals surface area contributed by atoms with Gasteiger partial charge >= 0.3 is 6.18 Å². The van der Waals surface area contributed by atoms with E-state index in [1.54, 1.807) is 0 Å². The Morgan fingerprint density at radius 3 is 2.56 bits per heavy atom. The van der Waals surface area contributed by atoms with Crippen molar-refractivity contribution in [2.24, 2.45) is 5.92 Å². The highest BCUT2D eigenvalue weighted by atomic mass is 32.1. The second-order valence-corrected chi connectivity index (χ2v) is 5.12. The van der Waals surface area contributed by atoms with Crippen LogP contribution in [0.2, 0.25) is 0 Å². The topological polar surface area (TPSA) is 51.8 Å². The molecule has 2 unspecified atom stereocenters. The van der Waals surface area contributed by atoms with E-state index in [1.807, 2.05) is 0 Å². The minimum Gasteiger partial charge on any atom is -0.374 e. The highest BCUT2D eigenvalue weighted by Gasteiger charge is 2.42. The number of alkyl halides is 3. The summed E-state index contributed by atoms with van der Waals surface area (Å²) in [5.41, 5.74) is 5.43. The van der Waals surface area contributed by atoms with E-state index in [0.29, 0.717) is 16.6 Å². The summed E-state index contributed by atoms with van der Waals surface area (Å²) in [6.45, 7) is 0. The number of rotatable bonds is 1. The molecule has 1 aromatic heterocycles. The Hall–Kier alpha value is -0.850. The Morgan fingerprint density at radius 1 is 1.25 bits per heavy atom. The van der Waals surface area contributed by atoms with Gasteiger partial charge in [-0.15, -0.1) is 10.2 Å². The third kappa shape index (κ3) is 2.45. The van der Waals surface area contributed by atoms with Crippen LogP contribution in [0.1, 0.15) is 36.6 Å². The number of hydrogen-bond donors (Lipinski definition) is 1. The quantitative estimate of drug-likeness (QED) is 0.834. The Labute approximate surface area is 94.9 Å². The number of aromatic nitrogens is 2. The van der Waals surface area contributed by atoms with Crippen LogP contribution in [0.3, 0.4) is 0 Å². The summed E-state index contributed by atoms with van der Waals surface area (Å²) in [6.07, 6.45) is -2.39. The summed E-state index contributed by atoms with van der Waals surface area (Å²) in [5, 5.41) is 8.44. The molecule has 1 aliphatic carbocycles. The molecule has 0 aromatic carbocycles. The van der Waals surface area contributed by atoms with Gasteiger partial charge in [0, 0.05) is 5.92 Å². The first kappa shape index (κ1) is 11.6. The average molecular weight is 251 g/mol. The Morgan fingerprint density at radius 2 is 2.00 bits per heavy atom. The van der Waals surface area contributed by atoms with Gasteiger partial charge in [0.1, 0.15) is 5.01 Å². The lowest BCUT2D eigenvalue weighted by Gasteiger charge is -2.29. The van der Waals surface area contributed by atoms with Gasteiger partial charge in [0.05, 0.1) is 5.92 Å². The highest BCUT2D eigenvalue weighted by molar-refractivity contribution is 7.15. The maximum absolute atomic E-state index is 12.6. The van der Waals surface area contributed by atoms with Crippen molar-refractivity contribution in [3.63, 3.8) is 0 Å². The largest absolute Gasteiger partial charge is 0.391 e. The van der Waals surface area contributed by atoms with Crippen LogP contribution in [0.4, 0.5) is 18.3 Å². The van der Waals surface area contributed by atoms with Crippen molar-refractivity contribution >= 4 is 16.5 Å². The number of nitrogens with two attached hydrogens (primary N) is 1. The van der Waals surface area contributed by atoms with Gasteiger partial charge in [0.2, 0.25) is 5.13 Å². The van der Waals surface area contributed by atoms with Gasteiger partial charge in [-0.2, -0.15) is 13.2 Å². The first-order valence-electron chi connectivity index (χ1n) is 5.12. The van der Waals surface area contributed by atoms with Gasteiger partial charge in [-0.25, -0.2) is 0 Å². The summed E-state index contributed by atoms with van der Waals surface area (Å²) in [7, 11) is 0. The van der Waals surface area contributed by atoms with Crippen LogP contribution in [0.15, 0.2) is 0 Å². The molecule has 2 atom stereocenters. The zero-order chi connectivity index (χ0) is 11.8. The van der Waals surface area contributed by atoms with E-state index in [9.17, 15) is 13.2 Å². The van der Waals surface area contributed by atoms with Gasteiger partial charge in [0.15, 0.2) is 0 Å². The van der Waals surface area contributed by atoms with Crippen molar-refractivity contribution in [2.45, 2.75) is 37.8 Å². The van der Waals surface area contributed by atoms with Crippen molar-refractivity contribution in [3.8, 4) is 0 Å². The van der Waals surface area contributed by atoms with Crippen molar-refractivity contribution in [3.05, 3.63) is 5.01 Å². The van der Waals surface area contributed by atoms with Crippen LogP contribution in [0, 0.1) is 5.92 Å². The molecular formula is C9H12F3N3S. The van der Waals surface area contributed by atoms with Gasteiger partial charge in [-0.3, -0.25) is 0 Å². The molecule has 0 saturated heterocycles. The molecule has 2 N–H and O–H groups in total. The molecule has 0 bridgehead atoms. The highest BCUT2D eigenvalue weighted by Crippen LogP contribution is 2.44. The fraction of sp³-hybridized carbons (Fsp3) is 0.778. The molecule has 7 heteroatoms. The number of halogens is 3. The SMILES string of the molecule is Nc1nnc(C2CCCC(C(F)(F)F)C2)s1. The van der Waals surface area contributed by atoms with Crippen LogP contribution in [-0.2, 0) is 0 Å². The minimum atomic E-state index is -4.09. The van der Waals surface area contributed by atoms with Crippen molar-refractivity contribution < 1.29 is 13.2 Å². The van der Waals surface area contributed by atoms with E-state index in [-0.39, 0.29) is 18.8 Å². The standard InChI is InChI=1S/C9H12F3N3S/c10-9(11,12)6-3-1-2-5(4-6)7-14-15-8(13)16-7/h5-6H,1-4H2,(H2,13,15). The number of nitrogens with zero attached hydrogens (tertiary/aromatic N) is 2. The normalized spacial score (nSPS) is 26.9. The van der Waals surface area contributed by atoms with E-state index in [2.05, 4.69) is 10.2 Å². The Bertz CT molecular complexity index is 363. The molecule has 1 heterocycles. The number of nitrogen functional groups attached to an aromatic ring is 1. The monoisotopic (exact) mass is 251 g/mol. The van der Waals surface area contributed by atoms with E-state index >= 15 is 0 Å². The number of hydrogen-bond acceptors (Lipinski definition) is 4.